The van der Waals surface area contributed by atoms with Gasteiger partial charge < -0.3 is 5.32 Å². The summed E-state index contributed by atoms with van der Waals surface area (Å²) in [5.74, 6) is -0.492. The molecule has 0 bridgehead atoms. The Kier molecular flexibility index (Phi) is 5.12. The van der Waals surface area contributed by atoms with Gasteiger partial charge in [0.1, 0.15) is 5.82 Å². The number of anilines is 1. The van der Waals surface area contributed by atoms with Crippen LogP contribution in [0.5, 0.6) is 0 Å². The van der Waals surface area contributed by atoms with Crippen LogP contribution in [-0.2, 0) is 9.84 Å². The van der Waals surface area contributed by atoms with Crippen molar-refractivity contribution in [3.05, 3.63) is 24.0 Å². The Balaban J connectivity index is 2.86. The van der Waals surface area contributed by atoms with Crippen molar-refractivity contribution in [3.63, 3.8) is 0 Å². The van der Waals surface area contributed by atoms with Gasteiger partial charge in [-0.3, -0.25) is 0 Å². The molecule has 1 N–H and O–H groups in total. The van der Waals surface area contributed by atoms with Gasteiger partial charge in [-0.25, -0.2) is 12.8 Å². The van der Waals surface area contributed by atoms with Crippen LogP contribution in [0.1, 0.15) is 26.7 Å². The molecule has 0 aromatic heterocycles. The predicted octanol–water partition coefficient (Wildman–Crippen LogP) is 2.97. The molecule has 20 heavy (non-hydrogen) atoms. The maximum Gasteiger partial charge on any atom is 0.175 e. The summed E-state index contributed by atoms with van der Waals surface area (Å²) in [5, 5.41) is 11.5. The molecule has 0 saturated heterocycles. The van der Waals surface area contributed by atoms with Crippen LogP contribution < -0.4 is 5.32 Å². The Morgan fingerprint density at radius 3 is 2.60 bits per heavy atom. The molecule has 0 spiro atoms. The van der Waals surface area contributed by atoms with E-state index in [1.165, 1.54) is 12.1 Å². The molecule has 0 unspecified atom stereocenters. The fraction of sp³-hybridized carbons (Fsp3) is 0.500. The molecule has 110 valence electrons. The summed E-state index contributed by atoms with van der Waals surface area (Å²) in [6, 6.07) is 5.76. The Labute approximate surface area is 119 Å². The average molecular weight is 298 g/mol. The highest BCUT2D eigenvalue weighted by Crippen LogP contribution is 2.25. The van der Waals surface area contributed by atoms with Crippen LogP contribution in [0.25, 0.3) is 0 Å². The molecule has 4 nitrogen and oxygen atoms in total. The monoisotopic (exact) mass is 298 g/mol. The molecule has 0 amide bonds. The molecule has 0 aliphatic heterocycles. The molecule has 0 aliphatic rings. The third-order valence-electron chi connectivity index (χ3n) is 3.04. The topological polar surface area (TPSA) is 70.0 Å². The smallest absolute Gasteiger partial charge is 0.175 e. The number of benzene rings is 1. The molecule has 0 fully saturated rings. The minimum atomic E-state index is -3.36. The van der Waals surface area contributed by atoms with Crippen molar-refractivity contribution in [1.29, 1.82) is 5.26 Å². The van der Waals surface area contributed by atoms with E-state index < -0.39 is 15.7 Å². The van der Waals surface area contributed by atoms with Crippen LogP contribution in [-0.4, -0.2) is 21.2 Å². The zero-order chi connectivity index (χ0) is 15.4. The molecule has 1 rings (SSSR count). The third kappa shape index (κ3) is 4.82. The lowest BCUT2D eigenvalue weighted by Crippen LogP contribution is -2.23. The van der Waals surface area contributed by atoms with Crippen molar-refractivity contribution in [1.82, 2.24) is 0 Å². The van der Waals surface area contributed by atoms with Crippen molar-refractivity contribution in [2.75, 3.05) is 18.1 Å². The molecule has 6 heteroatoms. The van der Waals surface area contributed by atoms with Crippen molar-refractivity contribution >= 4 is 15.5 Å². The molecule has 1 aromatic rings. The van der Waals surface area contributed by atoms with Gasteiger partial charge in [0.15, 0.2) is 9.84 Å². The van der Waals surface area contributed by atoms with E-state index in [0.29, 0.717) is 19.4 Å². The number of sulfone groups is 1. The number of halogens is 1. The second kappa shape index (κ2) is 6.23. The zero-order valence-electron chi connectivity index (χ0n) is 11.9. The van der Waals surface area contributed by atoms with E-state index in [2.05, 4.69) is 11.4 Å². The van der Waals surface area contributed by atoms with Crippen LogP contribution >= 0.6 is 0 Å². The first kappa shape index (κ1) is 16.4. The van der Waals surface area contributed by atoms with Gasteiger partial charge in [0.2, 0.25) is 0 Å². The van der Waals surface area contributed by atoms with Gasteiger partial charge in [-0.15, -0.1) is 0 Å². The van der Waals surface area contributed by atoms with Crippen molar-refractivity contribution in [2.24, 2.45) is 5.41 Å². The van der Waals surface area contributed by atoms with E-state index in [-0.39, 0.29) is 16.0 Å². The number of hydrogen-bond acceptors (Lipinski definition) is 4. The van der Waals surface area contributed by atoms with Crippen LogP contribution in [0.15, 0.2) is 23.1 Å². The highest BCUT2D eigenvalue weighted by molar-refractivity contribution is 7.90. The number of nitrogens with zero attached hydrogens (tertiary/aromatic N) is 1. The van der Waals surface area contributed by atoms with E-state index in [4.69, 9.17) is 5.26 Å². The van der Waals surface area contributed by atoms with Gasteiger partial charge in [0.05, 0.1) is 16.7 Å². The molecule has 0 aliphatic carbocycles. The first-order valence-corrected chi connectivity index (χ1v) is 8.15. The fourth-order valence-electron chi connectivity index (χ4n) is 1.69. The standard InChI is InChI=1S/C14H19FN2O2S/c1-14(2,7-4-8-16)10-17-13-9-11(20(3,18)19)5-6-12(13)15/h5-6,9,17H,4,7,10H2,1-3H3. The van der Waals surface area contributed by atoms with Gasteiger partial charge in [-0.1, -0.05) is 13.8 Å². The molecule has 0 saturated carbocycles. The van der Waals surface area contributed by atoms with Gasteiger partial charge in [-0.2, -0.15) is 5.26 Å². The summed E-state index contributed by atoms with van der Waals surface area (Å²) in [6.45, 7) is 4.39. The van der Waals surface area contributed by atoms with Crippen molar-refractivity contribution < 1.29 is 12.8 Å². The SMILES string of the molecule is CC(C)(CCC#N)CNc1cc(S(C)(=O)=O)ccc1F. The first-order valence-electron chi connectivity index (χ1n) is 6.26. The zero-order valence-corrected chi connectivity index (χ0v) is 12.7. The van der Waals surface area contributed by atoms with Gasteiger partial charge >= 0.3 is 0 Å². The van der Waals surface area contributed by atoms with E-state index in [9.17, 15) is 12.8 Å². The molecule has 0 heterocycles. The molecule has 0 atom stereocenters. The van der Waals surface area contributed by atoms with Gasteiger partial charge in [0.25, 0.3) is 0 Å². The summed E-state index contributed by atoms with van der Waals surface area (Å²) < 4.78 is 36.6. The normalized spacial score (nSPS) is 11.9. The summed E-state index contributed by atoms with van der Waals surface area (Å²) in [6.07, 6.45) is 2.20. The summed E-state index contributed by atoms with van der Waals surface area (Å²) in [7, 11) is -3.36. The Bertz CT molecular complexity index is 619. The Morgan fingerprint density at radius 2 is 2.05 bits per heavy atom. The summed E-state index contributed by atoms with van der Waals surface area (Å²) in [5.41, 5.74) is -0.0125. The second-order valence-corrected chi connectivity index (χ2v) is 7.61. The molecule has 1 aromatic carbocycles. The number of rotatable bonds is 6. The van der Waals surface area contributed by atoms with E-state index >= 15 is 0 Å². The van der Waals surface area contributed by atoms with Crippen molar-refractivity contribution in [2.45, 2.75) is 31.6 Å². The number of nitriles is 1. The summed E-state index contributed by atoms with van der Waals surface area (Å²) >= 11 is 0. The highest BCUT2D eigenvalue weighted by Gasteiger charge is 2.18. The molecular weight excluding hydrogens is 279 g/mol. The lowest BCUT2D eigenvalue weighted by Gasteiger charge is -2.24. The maximum atomic E-state index is 13.7. The largest absolute Gasteiger partial charge is 0.382 e. The lowest BCUT2D eigenvalue weighted by atomic mass is 9.88. The molecular formula is C14H19FN2O2S. The first-order chi connectivity index (χ1) is 9.15. The van der Waals surface area contributed by atoms with E-state index in [0.717, 1.165) is 12.3 Å². The lowest BCUT2D eigenvalue weighted by molar-refractivity contribution is 0.363. The highest BCUT2D eigenvalue weighted by atomic mass is 32.2. The minimum Gasteiger partial charge on any atom is -0.382 e. The van der Waals surface area contributed by atoms with Crippen LogP contribution in [0.3, 0.4) is 0 Å². The van der Waals surface area contributed by atoms with Crippen LogP contribution in [0.4, 0.5) is 10.1 Å². The number of nitrogens with one attached hydrogen (secondary N) is 1. The van der Waals surface area contributed by atoms with E-state index in [1.807, 2.05) is 13.8 Å². The second-order valence-electron chi connectivity index (χ2n) is 5.59. The van der Waals surface area contributed by atoms with Crippen LogP contribution in [0.2, 0.25) is 0 Å². The van der Waals surface area contributed by atoms with E-state index in [1.54, 1.807) is 0 Å². The van der Waals surface area contributed by atoms with Crippen LogP contribution in [0, 0.1) is 22.6 Å². The summed E-state index contributed by atoms with van der Waals surface area (Å²) in [4.78, 5) is 0.0798. The van der Waals surface area contributed by atoms with Gasteiger partial charge in [0, 0.05) is 19.2 Å². The van der Waals surface area contributed by atoms with Gasteiger partial charge in [-0.05, 0) is 30.0 Å². The minimum absolute atomic E-state index is 0.0798. The average Bonchev–Trinajstić information content (AvgIpc) is 2.34. The molecule has 0 radical (unpaired) electrons. The quantitative estimate of drug-likeness (QED) is 0.820. The third-order valence-corrected chi connectivity index (χ3v) is 4.15. The number of hydrogen-bond donors (Lipinski definition) is 1. The van der Waals surface area contributed by atoms with Crippen molar-refractivity contribution in [3.8, 4) is 6.07 Å². The maximum absolute atomic E-state index is 13.7. The fourth-order valence-corrected chi connectivity index (χ4v) is 2.33. The predicted molar refractivity (Wildman–Crippen MR) is 76.6 cm³/mol. The Morgan fingerprint density at radius 1 is 1.40 bits per heavy atom. The Hall–Kier alpha value is -1.61.